The summed E-state index contributed by atoms with van der Waals surface area (Å²) in [7, 11) is 0. The van der Waals surface area contributed by atoms with E-state index in [4.69, 9.17) is 11.6 Å². The molecule has 0 aromatic carbocycles. The molecule has 68 valence electrons. The summed E-state index contributed by atoms with van der Waals surface area (Å²) in [6.45, 7) is 11.3. The van der Waals surface area contributed by atoms with Crippen molar-refractivity contribution in [1.29, 1.82) is 0 Å². The second-order valence-electron chi connectivity index (χ2n) is 4.85. The third-order valence-corrected chi connectivity index (χ3v) is 2.54. The summed E-state index contributed by atoms with van der Waals surface area (Å²) in [5.74, 6) is 2.21. The van der Waals surface area contributed by atoms with Gasteiger partial charge in [-0.05, 0) is 23.7 Å². The van der Waals surface area contributed by atoms with E-state index in [0.29, 0.717) is 11.3 Å². The topological polar surface area (TPSA) is 0 Å². The summed E-state index contributed by atoms with van der Waals surface area (Å²) in [4.78, 5) is 0. The molecular weight excluding hydrogens is 156 g/mol. The van der Waals surface area contributed by atoms with E-state index in [1.54, 1.807) is 0 Å². The predicted molar refractivity (Wildman–Crippen MR) is 53.1 cm³/mol. The summed E-state index contributed by atoms with van der Waals surface area (Å²) >= 11 is 5.90. The molecule has 0 radical (unpaired) electrons. The highest BCUT2D eigenvalue weighted by Gasteiger charge is 2.23. The Balaban J connectivity index is 3.96. The van der Waals surface area contributed by atoms with Gasteiger partial charge in [-0.3, -0.25) is 0 Å². The van der Waals surface area contributed by atoms with Gasteiger partial charge in [0.2, 0.25) is 0 Å². The lowest BCUT2D eigenvalue weighted by Gasteiger charge is -2.30. The number of hydrogen-bond acceptors (Lipinski definition) is 0. The third kappa shape index (κ3) is 4.68. The maximum atomic E-state index is 5.90. The molecule has 0 N–H and O–H groups in total. The predicted octanol–water partition coefficient (Wildman–Crippen LogP) is 3.93. The van der Waals surface area contributed by atoms with Crippen molar-refractivity contribution in [3.8, 4) is 0 Å². The second kappa shape index (κ2) is 4.35. The molecule has 0 rings (SSSR count). The SMILES string of the molecule is CC(C)CC(CCl)C(C)(C)C. The fraction of sp³-hybridized carbons (Fsp3) is 1.00. The summed E-state index contributed by atoms with van der Waals surface area (Å²) < 4.78 is 0. The molecule has 0 amide bonds. The Labute approximate surface area is 76.3 Å². The number of hydrogen-bond donors (Lipinski definition) is 0. The molecule has 0 fully saturated rings. The molecular formula is C10H21Cl. The molecule has 0 bridgehead atoms. The van der Waals surface area contributed by atoms with Crippen molar-refractivity contribution in [3.63, 3.8) is 0 Å². The molecule has 0 nitrogen and oxygen atoms in total. The van der Waals surface area contributed by atoms with E-state index >= 15 is 0 Å². The highest BCUT2D eigenvalue weighted by Crippen LogP contribution is 2.31. The van der Waals surface area contributed by atoms with Crippen LogP contribution in [0.25, 0.3) is 0 Å². The van der Waals surface area contributed by atoms with Crippen molar-refractivity contribution in [2.45, 2.75) is 41.0 Å². The highest BCUT2D eigenvalue weighted by molar-refractivity contribution is 6.18. The molecule has 1 atom stereocenters. The Morgan fingerprint density at radius 2 is 1.64 bits per heavy atom. The van der Waals surface area contributed by atoms with Crippen LogP contribution in [-0.4, -0.2) is 5.88 Å². The van der Waals surface area contributed by atoms with Gasteiger partial charge in [0, 0.05) is 5.88 Å². The van der Waals surface area contributed by atoms with Crippen molar-refractivity contribution < 1.29 is 0 Å². The van der Waals surface area contributed by atoms with E-state index in [9.17, 15) is 0 Å². The molecule has 0 spiro atoms. The van der Waals surface area contributed by atoms with Crippen molar-refractivity contribution in [2.24, 2.45) is 17.3 Å². The van der Waals surface area contributed by atoms with Crippen LogP contribution < -0.4 is 0 Å². The lowest BCUT2D eigenvalue weighted by molar-refractivity contribution is 0.228. The van der Waals surface area contributed by atoms with E-state index in [-0.39, 0.29) is 0 Å². The Hall–Kier alpha value is 0.290. The van der Waals surface area contributed by atoms with Crippen molar-refractivity contribution >= 4 is 11.6 Å². The van der Waals surface area contributed by atoms with Gasteiger partial charge in [0.1, 0.15) is 0 Å². The van der Waals surface area contributed by atoms with Gasteiger partial charge in [0.25, 0.3) is 0 Å². The Morgan fingerprint density at radius 1 is 1.18 bits per heavy atom. The average molecular weight is 177 g/mol. The zero-order valence-corrected chi connectivity index (χ0v) is 9.20. The van der Waals surface area contributed by atoms with Crippen LogP contribution in [-0.2, 0) is 0 Å². The van der Waals surface area contributed by atoms with Gasteiger partial charge in [-0.2, -0.15) is 0 Å². The number of rotatable bonds is 3. The molecule has 0 aliphatic heterocycles. The summed E-state index contributed by atoms with van der Waals surface area (Å²) in [5.41, 5.74) is 0.367. The normalized spacial score (nSPS) is 15.5. The summed E-state index contributed by atoms with van der Waals surface area (Å²) in [6, 6.07) is 0. The molecule has 0 heterocycles. The molecule has 11 heavy (non-hydrogen) atoms. The molecule has 1 unspecified atom stereocenters. The molecule has 0 aliphatic rings. The summed E-state index contributed by atoms with van der Waals surface area (Å²) in [6.07, 6.45) is 1.24. The number of halogens is 1. The highest BCUT2D eigenvalue weighted by atomic mass is 35.5. The monoisotopic (exact) mass is 176 g/mol. The van der Waals surface area contributed by atoms with Crippen LogP contribution in [0.15, 0.2) is 0 Å². The first-order chi connectivity index (χ1) is 4.88. The van der Waals surface area contributed by atoms with Gasteiger partial charge in [-0.25, -0.2) is 0 Å². The van der Waals surface area contributed by atoms with E-state index in [1.807, 2.05) is 0 Å². The molecule has 0 saturated heterocycles. The Morgan fingerprint density at radius 3 is 1.73 bits per heavy atom. The quantitative estimate of drug-likeness (QED) is 0.572. The van der Waals surface area contributed by atoms with Gasteiger partial charge in [0.15, 0.2) is 0 Å². The van der Waals surface area contributed by atoms with Gasteiger partial charge < -0.3 is 0 Å². The fourth-order valence-corrected chi connectivity index (χ4v) is 1.81. The molecule has 0 aromatic rings. The van der Waals surface area contributed by atoms with Crippen LogP contribution in [0.3, 0.4) is 0 Å². The van der Waals surface area contributed by atoms with E-state index < -0.39 is 0 Å². The first-order valence-electron chi connectivity index (χ1n) is 4.44. The standard InChI is InChI=1S/C10H21Cl/c1-8(2)6-9(7-11)10(3,4)5/h8-9H,6-7H2,1-5H3. The van der Waals surface area contributed by atoms with Crippen molar-refractivity contribution in [1.82, 2.24) is 0 Å². The van der Waals surface area contributed by atoms with Crippen molar-refractivity contribution in [3.05, 3.63) is 0 Å². The van der Waals surface area contributed by atoms with E-state index in [0.717, 1.165) is 11.8 Å². The zero-order valence-electron chi connectivity index (χ0n) is 8.45. The number of alkyl halides is 1. The Bertz CT molecular complexity index is 99.9. The minimum absolute atomic E-state index is 0.367. The lowest BCUT2D eigenvalue weighted by atomic mass is 9.77. The van der Waals surface area contributed by atoms with Crippen LogP contribution in [0.5, 0.6) is 0 Å². The first-order valence-corrected chi connectivity index (χ1v) is 4.97. The van der Waals surface area contributed by atoms with Crippen LogP contribution in [0.2, 0.25) is 0 Å². The van der Waals surface area contributed by atoms with Crippen LogP contribution >= 0.6 is 11.6 Å². The first kappa shape index (κ1) is 11.3. The minimum Gasteiger partial charge on any atom is -0.126 e. The Kier molecular flexibility index (Phi) is 4.46. The van der Waals surface area contributed by atoms with E-state index in [2.05, 4.69) is 34.6 Å². The van der Waals surface area contributed by atoms with Crippen molar-refractivity contribution in [2.75, 3.05) is 5.88 Å². The van der Waals surface area contributed by atoms with Crippen LogP contribution in [0, 0.1) is 17.3 Å². The second-order valence-corrected chi connectivity index (χ2v) is 5.16. The fourth-order valence-electron chi connectivity index (χ4n) is 1.22. The maximum absolute atomic E-state index is 5.90. The minimum atomic E-state index is 0.367. The van der Waals surface area contributed by atoms with Gasteiger partial charge in [0.05, 0.1) is 0 Å². The molecule has 1 heteroatoms. The third-order valence-electron chi connectivity index (χ3n) is 2.17. The zero-order chi connectivity index (χ0) is 9.07. The van der Waals surface area contributed by atoms with Crippen LogP contribution in [0.4, 0.5) is 0 Å². The van der Waals surface area contributed by atoms with Crippen LogP contribution in [0.1, 0.15) is 41.0 Å². The lowest BCUT2D eigenvalue weighted by Crippen LogP contribution is -2.23. The summed E-state index contributed by atoms with van der Waals surface area (Å²) in [5, 5.41) is 0. The molecule has 0 aromatic heterocycles. The maximum Gasteiger partial charge on any atom is 0.0256 e. The smallest absolute Gasteiger partial charge is 0.0256 e. The van der Waals surface area contributed by atoms with Gasteiger partial charge >= 0.3 is 0 Å². The van der Waals surface area contributed by atoms with Gasteiger partial charge in [-0.15, -0.1) is 11.6 Å². The molecule has 0 aliphatic carbocycles. The van der Waals surface area contributed by atoms with Gasteiger partial charge in [-0.1, -0.05) is 34.6 Å². The van der Waals surface area contributed by atoms with E-state index in [1.165, 1.54) is 6.42 Å². The average Bonchev–Trinajstić information content (AvgIpc) is 1.79. The largest absolute Gasteiger partial charge is 0.126 e. The molecule has 0 saturated carbocycles.